The molecule has 7 nitrogen and oxygen atoms in total. The van der Waals surface area contributed by atoms with Crippen molar-refractivity contribution in [1.82, 2.24) is 0 Å². The van der Waals surface area contributed by atoms with Gasteiger partial charge in [0.25, 0.3) is 0 Å². The molecular weight excluding hydrogens is 314 g/mol. The van der Waals surface area contributed by atoms with E-state index in [9.17, 15) is 19.7 Å². The van der Waals surface area contributed by atoms with Gasteiger partial charge in [0.15, 0.2) is 5.92 Å². The molecule has 0 amide bonds. The van der Waals surface area contributed by atoms with E-state index in [1.165, 1.54) is 0 Å². The Morgan fingerprint density at radius 2 is 1.46 bits per heavy atom. The van der Waals surface area contributed by atoms with Gasteiger partial charge >= 0.3 is 11.9 Å². The fourth-order valence-corrected chi connectivity index (χ4v) is 2.30. The summed E-state index contributed by atoms with van der Waals surface area (Å²) in [5.74, 6) is -3.97. The normalized spacial score (nSPS) is 12.3. The zero-order chi connectivity index (χ0) is 18.3. The Kier molecular flexibility index (Phi) is 7.35. The van der Waals surface area contributed by atoms with Crippen molar-refractivity contribution in [1.29, 1.82) is 0 Å². The first-order valence-electron chi connectivity index (χ1n) is 7.80. The molecule has 24 heavy (non-hydrogen) atoms. The molecule has 1 rings (SSSR count). The highest BCUT2D eigenvalue weighted by Crippen LogP contribution is 2.28. The second-order valence-corrected chi connectivity index (χ2v) is 5.98. The molecule has 1 aromatic carbocycles. The number of carbonyl (C=O) groups is 2. The summed E-state index contributed by atoms with van der Waals surface area (Å²) < 4.78 is 10.3. The van der Waals surface area contributed by atoms with Crippen molar-refractivity contribution < 1.29 is 24.0 Å². The van der Waals surface area contributed by atoms with Crippen LogP contribution in [0.4, 0.5) is 0 Å². The van der Waals surface area contributed by atoms with Crippen LogP contribution in [0.1, 0.15) is 39.2 Å². The van der Waals surface area contributed by atoms with Gasteiger partial charge in [-0.3, -0.25) is 19.7 Å². The van der Waals surface area contributed by atoms with Crippen LogP contribution in [0.15, 0.2) is 30.3 Å². The third-order valence-electron chi connectivity index (χ3n) is 3.19. The maximum atomic E-state index is 12.4. The van der Waals surface area contributed by atoms with Crippen LogP contribution in [0, 0.1) is 16.0 Å². The summed E-state index contributed by atoms with van der Waals surface area (Å²) in [7, 11) is 0. The number of nitrogens with zero attached hydrogens (tertiary/aromatic N) is 1. The van der Waals surface area contributed by atoms with Gasteiger partial charge in [-0.2, -0.15) is 0 Å². The highest BCUT2D eigenvalue weighted by Gasteiger charge is 2.42. The minimum atomic E-state index is -1.39. The fraction of sp³-hybridized carbons (Fsp3) is 0.529. The highest BCUT2D eigenvalue weighted by atomic mass is 16.6. The molecule has 0 aliphatic rings. The molecule has 0 aliphatic carbocycles. The molecule has 0 bridgehead atoms. The zero-order valence-corrected chi connectivity index (χ0v) is 14.3. The van der Waals surface area contributed by atoms with Crippen LogP contribution in [0.3, 0.4) is 0 Å². The summed E-state index contributed by atoms with van der Waals surface area (Å²) in [6, 6.07) is 8.43. The summed E-state index contributed by atoms with van der Waals surface area (Å²) in [5.41, 5.74) is 0.514. The lowest BCUT2D eigenvalue weighted by molar-refractivity contribution is -0.484. The zero-order valence-electron chi connectivity index (χ0n) is 14.3. The van der Waals surface area contributed by atoms with Gasteiger partial charge in [-0.25, -0.2) is 0 Å². The highest BCUT2D eigenvalue weighted by molar-refractivity contribution is 5.96. The van der Waals surface area contributed by atoms with E-state index in [1.807, 2.05) is 0 Å². The molecule has 0 unspecified atom stereocenters. The van der Waals surface area contributed by atoms with Crippen LogP contribution in [0.5, 0.6) is 0 Å². The van der Waals surface area contributed by atoms with Crippen LogP contribution in [-0.4, -0.2) is 35.6 Å². The number of rotatable bonds is 8. The average Bonchev–Trinajstić information content (AvgIpc) is 2.45. The Labute approximate surface area is 141 Å². The van der Waals surface area contributed by atoms with E-state index >= 15 is 0 Å². The van der Waals surface area contributed by atoms with Crippen molar-refractivity contribution in [3.8, 4) is 0 Å². The molecule has 0 saturated heterocycles. The van der Waals surface area contributed by atoms with Gasteiger partial charge in [-0.15, -0.1) is 0 Å². The van der Waals surface area contributed by atoms with Crippen molar-refractivity contribution in [3.63, 3.8) is 0 Å². The largest absolute Gasteiger partial charge is 0.462 e. The second kappa shape index (κ2) is 9.00. The Balaban J connectivity index is 3.25. The standard InChI is InChI=1S/C17H23NO6/c1-11(2)23-16(19)15(17(20)24-12(3)4)14(10-18(21)22)13-8-6-5-7-9-13/h5-9,11-12,14-15H,10H2,1-4H3/t14-/m1/s1. The Morgan fingerprint density at radius 1 is 1.00 bits per heavy atom. The first kappa shape index (κ1) is 19.6. The second-order valence-electron chi connectivity index (χ2n) is 5.98. The smallest absolute Gasteiger partial charge is 0.321 e. The quantitative estimate of drug-likeness (QED) is 0.313. The van der Waals surface area contributed by atoms with E-state index in [0.29, 0.717) is 5.56 Å². The number of carbonyl (C=O) groups excluding carboxylic acids is 2. The van der Waals surface area contributed by atoms with E-state index in [-0.39, 0.29) is 0 Å². The molecule has 0 saturated carbocycles. The van der Waals surface area contributed by atoms with Gasteiger partial charge in [0.1, 0.15) is 0 Å². The Hall–Kier alpha value is -2.44. The maximum Gasteiger partial charge on any atom is 0.321 e. The molecule has 0 fully saturated rings. The lowest BCUT2D eigenvalue weighted by atomic mass is 9.85. The minimum Gasteiger partial charge on any atom is -0.462 e. The van der Waals surface area contributed by atoms with E-state index in [0.717, 1.165) is 0 Å². The molecule has 0 aliphatic heterocycles. The van der Waals surface area contributed by atoms with Gasteiger partial charge in [0, 0.05) is 4.92 Å². The summed E-state index contributed by atoms with van der Waals surface area (Å²) in [4.78, 5) is 35.4. The SMILES string of the molecule is CC(C)OC(=O)C(C(=O)OC(C)C)[C@H](C[N+](=O)[O-])c1ccccc1. The lowest BCUT2D eigenvalue weighted by Gasteiger charge is -2.24. The molecule has 7 heteroatoms. The number of nitro groups is 1. The van der Waals surface area contributed by atoms with Gasteiger partial charge < -0.3 is 9.47 Å². The van der Waals surface area contributed by atoms with Gasteiger partial charge in [-0.05, 0) is 33.3 Å². The summed E-state index contributed by atoms with van der Waals surface area (Å²) in [5, 5.41) is 11.1. The lowest BCUT2D eigenvalue weighted by Crippen LogP contribution is -2.38. The molecule has 1 aromatic rings. The third kappa shape index (κ3) is 5.98. The van der Waals surface area contributed by atoms with Crippen LogP contribution in [0.25, 0.3) is 0 Å². The number of benzene rings is 1. The number of hydrogen-bond donors (Lipinski definition) is 0. The first-order chi connectivity index (χ1) is 11.2. The fourth-order valence-electron chi connectivity index (χ4n) is 2.30. The molecule has 1 atom stereocenters. The van der Waals surface area contributed by atoms with Crippen molar-refractivity contribution >= 4 is 11.9 Å². The monoisotopic (exact) mass is 337 g/mol. The summed E-state index contributed by atoms with van der Waals surface area (Å²) >= 11 is 0. The molecule has 0 N–H and O–H groups in total. The first-order valence-corrected chi connectivity index (χ1v) is 7.80. The summed E-state index contributed by atoms with van der Waals surface area (Å²) in [6.07, 6.45) is -0.891. The van der Waals surface area contributed by atoms with Gasteiger partial charge in [0.05, 0.1) is 18.1 Å². The average molecular weight is 337 g/mol. The van der Waals surface area contributed by atoms with Crippen LogP contribution < -0.4 is 0 Å². The minimum absolute atomic E-state index is 0.445. The molecule has 0 radical (unpaired) electrons. The van der Waals surface area contributed by atoms with Crippen molar-refractivity contribution in [2.45, 2.75) is 45.8 Å². The van der Waals surface area contributed by atoms with Crippen molar-refractivity contribution in [2.75, 3.05) is 6.54 Å². The van der Waals surface area contributed by atoms with Gasteiger partial charge in [-0.1, -0.05) is 30.3 Å². The summed E-state index contributed by atoms with van der Waals surface area (Å²) in [6.45, 7) is 6.01. The molecule has 0 heterocycles. The number of esters is 2. The number of ether oxygens (including phenoxy) is 2. The maximum absolute atomic E-state index is 12.4. The van der Waals surface area contributed by atoms with Crippen LogP contribution in [0.2, 0.25) is 0 Å². The van der Waals surface area contributed by atoms with Crippen LogP contribution in [-0.2, 0) is 19.1 Å². The van der Waals surface area contributed by atoms with E-state index in [1.54, 1.807) is 58.0 Å². The molecular formula is C17H23NO6. The van der Waals surface area contributed by atoms with E-state index < -0.39 is 47.5 Å². The van der Waals surface area contributed by atoms with Crippen molar-refractivity contribution in [3.05, 3.63) is 46.0 Å². The van der Waals surface area contributed by atoms with Gasteiger partial charge in [0.2, 0.25) is 6.54 Å². The molecule has 0 spiro atoms. The Bertz CT molecular complexity index is 548. The van der Waals surface area contributed by atoms with Crippen LogP contribution >= 0.6 is 0 Å². The topological polar surface area (TPSA) is 95.7 Å². The molecule has 132 valence electrons. The predicted molar refractivity (Wildman–Crippen MR) is 87.0 cm³/mol. The number of hydrogen-bond acceptors (Lipinski definition) is 6. The van der Waals surface area contributed by atoms with Crippen molar-refractivity contribution in [2.24, 2.45) is 5.92 Å². The van der Waals surface area contributed by atoms with E-state index in [4.69, 9.17) is 9.47 Å². The Morgan fingerprint density at radius 3 is 1.83 bits per heavy atom. The molecule has 0 aromatic heterocycles. The van der Waals surface area contributed by atoms with E-state index in [2.05, 4.69) is 0 Å². The predicted octanol–water partition coefficient (Wildman–Crippen LogP) is 2.57. The third-order valence-corrected chi connectivity index (χ3v) is 3.19.